The van der Waals surface area contributed by atoms with Crippen LogP contribution in [0, 0.1) is 19.3 Å². The first-order chi connectivity index (χ1) is 16.0. The van der Waals surface area contributed by atoms with Gasteiger partial charge in [0.25, 0.3) is 5.91 Å². The van der Waals surface area contributed by atoms with Crippen molar-refractivity contribution in [2.24, 2.45) is 0 Å². The Hall–Kier alpha value is -3.83. The van der Waals surface area contributed by atoms with E-state index in [9.17, 15) is 19.5 Å². The number of aryl methyl sites for hydroxylation is 1. The predicted molar refractivity (Wildman–Crippen MR) is 130 cm³/mol. The van der Waals surface area contributed by atoms with Gasteiger partial charge in [0.2, 0.25) is 5.91 Å². The van der Waals surface area contributed by atoms with Crippen LogP contribution in [0.3, 0.4) is 0 Å². The maximum atomic E-state index is 13.4. The van der Waals surface area contributed by atoms with Crippen LogP contribution in [0.15, 0.2) is 48.5 Å². The summed E-state index contributed by atoms with van der Waals surface area (Å²) in [6, 6.07) is 11.6. The SMILES string of the molecule is C#Cc1ccc(C(C(=O)Nc2ccccc2C)N(C)C(=O)C(CO)NC(=O)OC(C)(C)C)cc1. The van der Waals surface area contributed by atoms with Gasteiger partial charge in [-0.3, -0.25) is 9.59 Å². The van der Waals surface area contributed by atoms with Crippen molar-refractivity contribution in [3.8, 4) is 12.3 Å². The smallest absolute Gasteiger partial charge is 0.408 e. The molecule has 0 saturated carbocycles. The number of ether oxygens (including phenoxy) is 1. The van der Waals surface area contributed by atoms with Gasteiger partial charge in [0.05, 0.1) is 6.61 Å². The molecule has 8 heteroatoms. The van der Waals surface area contributed by atoms with Crippen LogP contribution in [0.1, 0.15) is 43.5 Å². The fourth-order valence-corrected chi connectivity index (χ4v) is 3.24. The number of rotatable bonds is 7. The standard InChI is InChI=1S/C26H31N3O5/c1-7-18-12-14-19(15-13-18)22(23(31)27-20-11-9-8-10-17(20)2)29(6)24(32)21(16-30)28-25(33)34-26(3,4)5/h1,8-15,21-22,30H,16H2,2-6H3,(H,27,31)(H,28,33). The number of likely N-dealkylation sites (N-methyl/N-ethyl adjacent to an activating group) is 1. The summed E-state index contributed by atoms with van der Waals surface area (Å²) in [5, 5.41) is 15.0. The maximum absolute atomic E-state index is 13.4. The minimum Gasteiger partial charge on any atom is -0.444 e. The summed E-state index contributed by atoms with van der Waals surface area (Å²) >= 11 is 0. The lowest BCUT2D eigenvalue weighted by molar-refractivity contribution is -0.139. The molecule has 180 valence electrons. The largest absolute Gasteiger partial charge is 0.444 e. The number of nitrogens with zero attached hydrogens (tertiary/aromatic N) is 1. The molecule has 2 rings (SSSR count). The molecule has 3 amide bonds. The molecular weight excluding hydrogens is 434 g/mol. The number of aliphatic hydroxyl groups is 1. The first-order valence-corrected chi connectivity index (χ1v) is 10.8. The van der Waals surface area contributed by atoms with Crippen molar-refractivity contribution in [1.82, 2.24) is 10.2 Å². The number of nitrogens with one attached hydrogen (secondary N) is 2. The van der Waals surface area contributed by atoms with E-state index in [2.05, 4.69) is 16.6 Å². The summed E-state index contributed by atoms with van der Waals surface area (Å²) < 4.78 is 5.18. The van der Waals surface area contributed by atoms with Gasteiger partial charge in [-0.2, -0.15) is 0 Å². The van der Waals surface area contributed by atoms with Gasteiger partial charge in [-0.05, 0) is 57.0 Å². The monoisotopic (exact) mass is 465 g/mol. The summed E-state index contributed by atoms with van der Waals surface area (Å²) in [7, 11) is 1.43. The molecule has 0 aliphatic carbocycles. The number of terminal acetylenes is 1. The van der Waals surface area contributed by atoms with Crippen LogP contribution >= 0.6 is 0 Å². The number of alkyl carbamates (subject to hydrolysis) is 1. The van der Waals surface area contributed by atoms with Gasteiger partial charge in [0.1, 0.15) is 17.7 Å². The lowest BCUT2D eigenvalue weighted by atomic mass is 10.0. The Morgan fingerprint density at radius 3 is 2.26 bits per heavy atom. The van der Waals surface area contributed by atoms with Gasteiger partial charge in [-0.1, -0.05) is 36.3 Å². The minimum absolute atomic E-state index is 0.465. The first kappa shape index (κ1) is 26.4. The third-order valence-corrected chi connectivity index (χ3v) is 4.95. The fourth-order valence-electron chi connectivity index (χ4n) is 3.24. The summed E-state index contributed by atoms with van der Waals surface area (Å²) in [5.74, 6) is 1.38. The molecule has 34 heavy (non-hydrogen) atoms. The van der Waals surface area contributed by atoms with Crippen molar-refractivity contribution in [2.45, 2.75) is 45.4 Å². The summed E-state index contributed by atoms with van der Waals surface area (Å²) in [6.07, 6.45) is 4.58. The van der Waals surface area contributed by atoms with Gasteiger partial charge >= 0.3 is 6.09 Å². The number of hydrogen-bond donors (Lipinski definition) is 3. The zero-order chi connectivity index (χ0) is 25.5. The van der Waals surface area contributed by atoms with Crippen LogP contribution in [0.5, 0.6) is 0 Å². The molecule has 0 heterocycles. The van der Waals surface area contributed by atoms with E-state index < -0.39 is 42.2 Å². The molecule has 0 bridgehead atoms. The molecule has 0 saturated heterocycles. The van der Waals surface area contributed by atoms with Gasteiger partial charge in [0.15, 0.2) is 0 Å². The summed E-state index contributed by atoms with van der Waals surface area (Å²) in [4.78, 5) is 39.9. The van der Waals surface area contributed by atoms with Crippen LogP contribution in [0.4, 0.5) is 10.5 Å². The highest BCUT2D eigenvalue weighted by molar-refractivity contribution is 5.99. The number of para-hydroxylation sites is 1. The zero-order valence-electron chi connectivity index (χ0n) is 20.1. The normalized spacial score (nSPS) is 12.6. The highest BCUT2D eigenvalue weighted by Gasteiger charge is 2.34. The highest BCUT2D eigenvalue weighted by Crippen LogP contribution is 2.24. The van der Waals surface area contributed by atoms with E-state index in [4.69, 9.17) is 11.2 Å². The van der Waals surface area contributed by atoms with Crippen molar-refractivity contribution < 1.29 is 24.2 Å². The molecule has 0 spiro atoms. The Labute approximate surface area is 200 Å². The van der Waals surface area contributed by atoms with Crippen molar-refractivity contribution in [3.63, 3.8) is 0 Å². The second-order valence-electron chi connectivity index (χ2n) is 8.80. The topological polar surface area (TPSA) is 108 Å². The second kappa shape index (κ2) is 11.3. The van der Waals surface area contributed by atoms with Crippen LogP contribution in [0.2, 0.25) is 0 Å². The Balaban J connectivity index is 2.35. The molecule has 0 aliphatic heterocycles. The average molecular weight is 466 g/mol. The Morgan fingerprint density at radius 2 is 1.74 bits per heavy atom. The van der Waals surface area contributed by atoms with Gasteiger partial charge in [-0.25, -0.2) is 4.79 Å². The number of benzene rings is 2. The van der Waals surface area contributed by atoms with Crippen LogP contribution in [-0.2, 0) is 14.3 Å². The van der Waals surface area contributed by atoms with Crippen molar-refractivity contribution in [3.05, 3.63) is 65.2 Å². The van der Waals surface area contributed by atoms with Crippen LogP contribution in [0.25, 0.3) is 0 Å². The zero-order valence-corrected chi connectivity index (χ0v) is 20.1. The molecule has 0 aromatic heterocycles. The third kappa shape index (κ3) is 7.09. The quantitative estimate of drug-likeness (QED) is 0.545. The molecule has 2 atom stereocenters. The van der Waals surface area contributed by atoms with E-state index in [0.717, 1.165) is 5.56 Å². The molecule has 2 unspecified atom stereocenters. The number of amides is 3. The molecule has 0 radical (unpaired) electrons. The van der Waals surface area contributed by atoms with Gasteiger partial charge in [0, 0.05) is 18.3 Å². The number of anilines is 1. The van der Waals surface area contributed by atoms with E-state index in [-0.39, 0.29) is 0 Å². The molecule has 2 aromatic carbocycles. The molecule has 3 N–H and O–H groups in total. The predicted octanol–water partition coefficient (Wildman–Crippen LogP) is 3.00. The fraction of sp³-hybridized carbons (Fsp3) is 0.346. The van der Waals surface area contributed by atoms with E-state index in [0.29, 0.717) is 16.8 Å². The Morgan fingerprint density at radius 1 is 1.12 bits per heavy atom. The van der Waals surface area contributed by atoms with Crippen molar-refractivity contribution in [1.29, 1.82) is 0 Å². The van der Waals surface area contributed by atoms with Crippen LogP contribution < -0.4 is 10.6 Å². The Kier molecular flexibility index (Phi) is 8.82. The third-order valence-electron chi connectivity index (χ3n) is 4.95. The lowest BCUT2D eigenvalue weighted by Gasteiger charge is -2.31. The van der Waals surface area contributed by atoms with E-state index in [1.807, 2.05) is 19.1 Å². The molecule has 8 nitrogen and oxygen atoms in total. The number of carbonyl (C=O) groups is 3. The second-order valence-corrected chi connectivity index (χ2v) is 8.80. The minimum atomic E-state index is -1.31. The summed E-state index contributed by atoms with van der Waals surface area (Å²) in [5.41, 5.74) is 1.80. The number of carbonyl (C=O) groups excluding carboxylic acids is 3. The van der Waals surface area contributed by atoms with Gasteiger partial charge in [-0.15, -0.1) is 6.42 Å². The van der Waals surface area contributed by atoms with Crippen LogP contribution in [-0.4, -0.2) is 53.2 Å². The van der Waals surface area contributed by atoms with E-state index >= 15 is 0 Å². The van der Waals surface area contributed by atoms with E-state index in [1.165, 1.54) is 11.9 Å². The molecular formula is C26H31N3O5. The molecule has 0 fully saturated rings. The van der Waals surface area contributed by atoms with Gasteiger partial charge < -0.3 is 25.4 Å². The van der Waals surface area contributed by atoms with Crippen molar-refractivity contribution >= 4 is 23.6 Å². The molecule has 0 aliphatic rings. The number of aliphatic hydroxyl groups excluding tert-OH is 1. The maximum Gasteiger partial charge on any atom is 0.408 e. The summed E-state index contributed by atoms with van der Waals surface area (Å²) in [6.45, 7) is 6.22. The number of hydrogen-bond acceptors (Lipinski definition) is 5. The average Bonchev–Trinajstić information content (AvgIpc) is 2.78. The molecule has 2 aromatic rings. The first-order valence-electron chi connectivity index (χ1n) is 10.8. The van der Waals surface area contributed by atoms with E-state index in [1.54, 1.807) is 57.2 Å². The Bertz CT molecular complexity index is 1070. The lowest BCUT2D eigenvalue weighted by Crippen LogP contribution is -2.52. The van der Waals surface area contributed by atoms with Crippen molar-refractivity contribution in [2.75, 3.05) is 19.0 Å². The highest BCUT2D eigenvalue weighted by atomic mass is 16.6.